The first-order chi connectivity index (χ1) is 16.6. The zero-order valence-electron chi connectivity index (χ0n) is 19.4. The smallest absolute Gasteiger partial charge is 0.217 e. The molecule has 0 atom stereocenters. The highest BCUT2D eigenvalue weighted by atomic mass is 16.5. The number of nitrogens with zero attached hydrogens (tertiary/aromatic N) is 4. The Hall–Kier alpha value is -3.61. The van der Waals surface area contributed by atoms with E-state index < -0.39 is 0 Å². The number of aromatic nitrogens is 3. The van der Waals surface area contributed by atoms with E-state index in [2.05, 4.69) is 45.5 Å². The van der Waals surface area contributed by atoms with Gasteiger partial charge in [-0.3, -0.25) is 9.36 Å². The van der Waals surface area contributed by atoms with Crippen LogP contribution in [0.25, 0.3) is 27.8 Å². The Morgan fingerprint density at radius 1 is 1.09 bits per heavy atom. The van der Waals surface area contributed by atoms with E-state index in [0.29, 0.717) is 0 Å². The molecule has 7 heteroatoms. The van der Waals surface area contributed by atoms with E-state index in [1.54, 1.807) is 6.92 Å². The van der Waals surface area contributed by atoms with Crippen molar-refractivity contribution in [1.82, 2.24) is 19.9 Å². The van der Waals surface area contributed by atoms with Gasteiger partial charge in [0.1, 0.15) is 17.9 Å². The summed E-state index contributed by atoms with van der Waals surface area (Å²) in [6.07, 6.45) is 6.27. The third-order valence-corrected chi connectivity index (χ3v) is 6.88. The van der Waals surface area contributed by atoms with Crippen LogP contribution in [0.15, 0.2) is 54.9 Å². The number of benzene rings is 2. The van der Waals surface area contributed by atoms with Gasteiger partial charge in [-0.15, -0.1) is 0 Å². The molecule has 1 amide bonds. The lowest BCUT2D eigenvalue weighted by molar-refractivity contribution is -0.119. The van der Waals surface area contributed by atoms with Gasteiger partial charge in [0.05, 0.1) is 28.8 Å². The Labute approximate surface area is 198 Å². The minimum Gasteiger partial charge on any atom is -0.493 e. The van der Waals surface area contributed by atoms with Gasteiger partial charge in [0.25, 0.3) is 0 Å². The summed E-state index contributed by atoms with van der Waals surface area (Å²) in [7, 11) is 0. The molecule has 2 aromatic carbocycles. The van der Waals surface area contributed by atoms with Crippen LogP contribution in [0, 0.1) is 5.92 Å². The normalized spacial score (nSPS) is 16.8. The summed E-state index contributed by atoms with van der Waals surface area (Å²) < 4.78 is 7.97. The fraction of sp³-hybridized carbons (Fsp3) is 0.370. The first-order valence-corrected chi connectivity index (χ1v) is 12.2. The quantitative estimate of drug-likeness (QED) is 0.465. The van der Waals surface area contributed by atoms with Crippen LogP contribution in [-0.4, -0.2) is 46.2 Å². The SMILES string of the molecule is CC(=O)NC1CCN(c2cccc3ccc(-n4cnc5cc(OCC6CC6)ccc54)nc23)CC1. The van der Waals surface area contributed by atoms with Crippen LogP contribution in [0.4, 0.5) is 5.69 Å². The molecular weight excluding hydrogens is 426 g/mol. The number of piperidine rings is 1. The molecule has 4 aromatic rings. The molecule has 3 heterocycles. The van der Waals surface area contributed by atoms with Crippen molar-refractivity contribution in [2.45, 2.75) is 38.6 Å². The van der Waals surface area contributed by atoms with E-state index in [4.69, 9.17) is 9.72 Å². The maximum atomic E-state index is 11.4. The second-order valence-corrected chi connectivity index (χ2v) is 9.50. The van der Waals surface area contributed by atoms with Crippen LogP contribution in [0.3, 0.4) is 0 Å². The molecule has 1 aliphatic heterocycles. The molecule has 174 valence electrons. The fourth-order valence-electron chi connectivity index (χ4n) is 4.83. The third-order valence-electron chi connectivity index (χ3n) is 6.88. The number of carbonyl (C=O) groups is 1. The average molecular weight is 456 g/mol. The number of hydrogen-bond donors (Lipinski definition) is 1. The van der Waals surface area contributed by atoms with E-state index in [1.165, 1.54) is 12.8 Å². The van der Waals surface area contributed by atoms with E-state index in [-0.39, 0.29) is 11.9 Å². The van der Waals surface area contributed by atoms with Crippen molar-refractivity contribution < 1.29 is 9.53 Å². The Morgan fingerprint density at radius 3 is 2.74 bits per heavy atom. The number of nitrogens with one attached hydrogen (secondary N) is 1. The minimum absolute atomic E-state index is 0.0454. The number of carbonyl (C=O) groups excluding carboxylic acids is 1. The third kappa shape index (κ3) is 4.18. The maximum absolute atomic E-state index is 11.4. The molecule has 6 rings (SSSR count). The summed E-state index contributed by atoms with van der Waals surface area (Å²) in [6.45, 7) is 4.18. The topological polar surface area (TPSA) is 72.3 Å². The van der Waals surface area contributed by atoms with Crippen LogP contribution < -0.4 is 15.0 Å². The number of para-hydroxylation sites is 1. The monoisotopic (exact) mass is 455 g/mol. The summed E-state index contributed by atoms with van der Waals surface area (Å²) in [4.78, 5) is 23.5. The van der Waals surface area contributed by atoms with Gasteiger partial charge in [-0.1, -0.05) is 12.1 Å². The highest BCUT2D eigenvalue weighted by Gasteiger charge is 2.23. The van der Waals surface area contributed by atoms with Gasteiger partial charge in [-0.25, -0.2) is 9.97 Å². The highest BCUT2D eigenvalue weighted by molar-refractivity contribution is 5.92. The zero-order chi connectivity index (χ0) is 23.1. The minimum atomic E-state index is 0.0454. The van der Waals surface area contributed by atoms with Crippen molar-refractivity contribution in [3.05, 3.63) is 54.9 Å². The number of rotatable bonds is 6. The lowest BCUT2D eigenvalue weighted by atomic mass is 10.0. The van der Waals surface area contributed by atoms with Gasteiger partial charge in [0.15, 0.2) is 0 Å². The molecule has 0 radical (unpaired) electrons. The molecule has 0 unspecified atom stereocenters. The van der Waals surface area contributed by atoms with Crippen molar-refractivity contribution in [2.24, 2.45) is 5.92 Å². The van der Waals surface area contributed by atoms with Crippen LogP contribution in [0.2, 0.25) is 0 Å². The van der Waals surface area contributed by atoms with Gasteiger partial charge in [0, 0.05) is 37.5 Å². The predicted octanol–water partition coefficient (Wildman–Crippen LogP) is 4.47. The zero-order valence-corrected chi connectivity index (χ0v) is 19.4. The molecule has 2 fully saturated rings. The molecule has 1 aliphatic carbocycles. The van der Waals surface area contributed by atoms with Crippen molar-refractivity contribution in [2.75, 3.05) is 24.6 Å². The standard InChI is InChI=1S/C27H29N5O2/c1-18(33)29-21-11-13-31(14-12-21)25-4-2-3-20-7-10-26(30-27(20)25)32-17-28-23-15-22(8-9-24(23)32)34-16-19-5-6-19/h2-4,7-10,15,17,19,21H,5-6,11-14,16H2,1H3,(H,29,33). The Balaban J connectivity index is 1.29. The number of fused-ring (bicyclic) bond motifs is 2. The first kappa shape index (κ1) is 21.0. The van der Waals surface area contributed by atoms with E-state index in [1.807, 2.05) is 29.1 Å². The van der Waals surface area contributed by atoms with Crippen LogP contribution in [0.1, 0.15) is 32.6 Å². The predicted molar refractivity (Wildman–Crippen MR) is 134 cm³/mol. The van der Waals surface area contributed by atoms with Gasteiger partial charge in [-0.2, -0.15) is 0 Å². The number of anilines is 1. The summed E-state index contributed by atoms with van der Waals surface area (Å²) in [5.74, 6) is 2.49. The van der Waals surface area contributed by atoms with Crippen molar-refractivity contribution in [3.63, 3.8) is 0 Å². The van der Waals surface area contributed by atoms with E-state index in [9.17, 15) is 4.79 Å². The highest BCUT2D eigenvalue weighted by Crippen LogP contribution is 2.31. The average Bonchev–Trinajstić information content (AvgIpc) is 3.59. The second kappa shape index (κ2) is 8.63. The van der Waals surface area contributed by atoms with Gasteiger partial charge < -0.3 is 15.0 Å². The lowest BCUT2D eigenvalue weighted by Gasteiger charge is -2.34. The van der Waals surface area contributed by atoms with Gasteiger partial charge >= 0.3 is 0 Å². The molecular formula is C27H29N5O2. The van der Waals surface area contributed by atoms with Gasteiger partial charge in [0.2, 0.25) is 5.91 Å². The summed E-state index contributed by atoms with van der Waals surface area (Å²) >= 11 is 0. The number of ether oxygens (including phenoxy) is 1. The van der Waals surface area contributed by atoms with E-state index in [0.717, 1.165) is 77.6 Å². The Morgan fingerprint density at radius 2 is 1.94 bits per heavy atom. The molecule has 1 saturated carbocycles. The van der Waals surface area contributed by atoms with Crippen molar-refractivity contribution in [1.29, 1.82) is 0 Å². The van der Waals surface area contributed by atoms with Crippen LogP contribution >= 0.6 is 0 Å². The maximum Gasteiger partial charge on any atom is 0.217 e. The number of imidazole rings is 1. The Kier molecular flexibility index (Phi) is 5.32. The molecule has 2 aliphatic rings. The fourth-order valence-corrected chi connectivity index (χ4v) is 4.83. The molecule has 34 heavy (non-hydrogen) atoms. The molecule has 1 N–H and O–H groups in total. The molecule has 2 aromatic heterocycles. The number of amides is 1. The number of hydrogen-bond acceptors (Lipinski definition) is 5. The Bertz CT molecular complexity index is 1350. The lowest BCUT2D eigenvalue weighted by Crippen LogP contribution is -2.44. The van der Waals surface area contributed by atoms with E-state index >= 15 is 0 Å². The first-order valence-electron chi connectivity index (χ1n) is 12.2. The van der Waals surface area contributed by atoms with Crippen molar-refractivity contribution >= 4 is 33.5 Å². The largest absolute Gasteiger partial charge is 0.493 e. The summed E-state index contributed by atoms with van der Waals surface area (Å²) in [5, 5.41) is 4.17. The van der Waals surface area contributed by atoms with Gasteiger partial charge in [-0.05, 0) is 61.9 Å². The second-order valence-electron chi connectivity index (χ2n) is 9.50. The summed E-state index contributed by atoms with van der Waals surface area (Å²) in [5.41, 5.74) is 4.05. The molecule has 0 bridgehead atoms. The molecule has 1 saturated heterocycles. The summed E-state index contributed by atoms with van der Waals surface area (Å²) in [6, 6.07) is 16.9. The van der Waals surface area contributed by atoms with Crippen LogP contribution in [0.5, 0.6) is 5.75 Å². The molecule has 0 spiro atoms. The molecule has 7 nitrogen and oxygen atoms in total. The van der Waals surface area contributed by atoms with Crippen molar-refractivity contribution in [3.8, 4) is 11.6 Å². The van der Waals surface area contributed by atoms with Crippen LogP contribution in [-0.2, 0) is 4.79 Å². The number of pyridine rings is 1.